The number of benzene rings is 2. The van der Waals surface area contributed by atoms with Crippen LogP contribution in [0.1, 0.15) is 21.7 Å². The summed E-state index contributed by atoms with van der Waals surface area (Å²) < 4.78 is 53.3. The topological polar surface area (TPSA) is 93.1 Å². The zero-order chi connectivity index (χ0) is 21.3. The highest BCUT2D eigenvalue weighted by Crippen LogP contribution is 2.22. The number of aryl methyl sites for hydroxylation is 1. The number of halogens is 2. The van der Waals surface area contributed by atoms with Gasteiger partial charge >= 0.3 is 0 Å². The summed E-state index contributed by atoms with van der Waals surface area (Å²) in [6.07, 6.45) is 1.04. The second-order valence-corrected chi connectivity index (χ2v) is 8.21. The number of amides is 1. The summed E-state index contributed by atoms with van der Waals surface area (Å²) in [6.45, 7) is 3.22. The van der Waals surface area contributed by atoms with E-state index in [0.29, 0.717) is 22.8 Å². The van der Waals surface area contributed by atoms with Crippen LogP contribution in [-0.2, 0) is 10.0 Å². The second-order valence-electron chi connectivity index (χ2n) is 6.46. The Morgan fingerprint density at radius 3 is 2.24 bits per heavy atom. The fraction of sp³-hybridized carbons (Fsp3) is 0.158. The van der Waals surface area contributed by atoms with E-state index in [1.54, 1.807) is 26.0 Å². The van der Waals surface area contributed by atoms with Crippen molar-refractivity contribution in [3.05, 3.63) is 71.1 Å². The van der Waals surface area contributed by atoms with Crippen LogP contribution in [-0.4, -0.2) is 30.4 Å². The minimum Gasteiger partial charge on any atom is -0.322 e. The molecule has 2 N–H and O–H groups in total. The minimum absolute atomic E-state index is 0.0299. The number of sulfonamides is 1. The molecule has 0 atom stereocenters. The van der Waals surface area contributed by atoms with Gasteiger partial charge in [0.1, 0.15) is 11.5 Å². The predicted molar refractivity (Wildman–Crippen MR) is 106 cm³/mol. The van der Waals surface area contributed by atoms with Crippen LogP contribution >= 0.6 is 0 Å². The van der Waals surface area contributed by atoms with E-state index < -0.39 is 27.6 Å². The number of anilines is 2. The van der Waals surface area contributed by atoms with Gasteiger partial charge in [-0.25, -0.2) is 21.9 Å². The Morgan fingerprint density at radius 2 is 1.66 bits per heavy atom. The molecule has 0 aliphatic heterocycles. The molecule has 1 amide bonds. The highest BCUT2D eigenvalue weighted by atomic mass is 32.2. The number of carbonyl (C=O) groups is 1. The molecule has 0 fully saturated rings. The number of nitrogens with one attached hydrogen (secondary N) is 2. The predicted octanol–water partition coefficient (Wildman–Crippen LogP) is 3.39. The van der Waals surface area contributed by atoms with E-state index in [2.05, 4.69) is 15.1 Å². The maximum atomic E-state index is 14.1. The highest BCUT2D eigenvalue weighted by Gasteiger charge is 2.21. The lowest BCUT2D eigenvalue weighted by atomic mass is 10.1. The molecule has 152 valence electrons. The van der Waals surface area contributed by atoms with Gasteiger partial charge in [0.05, 0.1) is 23.2 Å². The Morgan fingerprint density at radius 1 is 1.03 bits per heavy atom. The monoisotopic (exact) mass is 420 g/mol. The lowest BCUT2D eigenvalue weighted by Crippen LogP contribution is -2.14. The first-order valence-corrected chi connectivity index (χ1v) is 10.3. The van der Waals surface area contributed by atoms with Crippen molar-refractivity contribution in [2.24, 2.45) is 0 Å². The van der Waals surface area contributed by atoms with Gasteiger partial charge in [-0.15, -0.1) is 0 Å². The highest BCUT2D eigenvalue weighted by molar-refractivity contribution is 7.92. The fourth-order valence-corrected chi connectivity index (χ4v) is 3.45. The number of aromatic nitrogens is 2. The van der Waals surface area contributed by atoms with Gasteiger partial charge in [-0.1, -0.05) is 0 Å². The maximum absolute atomic E-state index is 14.1. The quantitative estimate of drug-likeness (QED) is 0.662. The SMILES string of the molecule is Cc1nn(-c2ccc(F)cc2F)c(C)c1C(=O)Nc1ccc(NS(C)(=O)=O)cc1. The molecule has 10 heteroatoms. The van der Waals surface area contributed by atoms with E-state index in [-0.39, 0.29) is 11.3 Å². The smallest absolute Gasteiger partial charge is 0.259 e. The van der Waals surface area contributed by atoms with E-state index in [9.17, 15) is 22.0 Å². The zero-order valence-electron chi connectivity index (χ0n) is 15.8. The Bertz CT molecular complexity index is 1190. The molecule has 0 aliphatic rings. The lowest BCUT2D eigenvalue weighted by molar-refractivity contribution is 0.102. The summed E-state index contributed by atoms with van der Waals surface area (Å²) >= 11 is 0. The minimum atomic E-state index is -3.40. The van der Waals surface area contributed by atoms with Gasteiger partial charge in [0.2, 0.25) is 10.0 Å². The maximum Gasteiger partial charge on any atom is 0.259 e. The molecule has 0 aliphatic carbocycles. The molecule has 0 bridgehead atoms. The summed E-state index contributed by atoms with van der Waals surface area (Å²) in [6, 6.07) is 9.21. The standard InChI is InChI=1S/C19H18F2N4O3S/c1-11-18(12(2)25(23-11)17-9-4-13(20)10-16(17)21)19(26)22-14-5-7-15(8-6-14)24-29(3,27)28/h4-10,24H,1-3H3,(H,22,26). The summed E-state index contributed by atoms with van der Waals surface area (Å²) in [5.41, 5.74) is 1.85. The van der Waals surface area contributed by atoms with Gasteiger partial charge in [-0.2, -0.15) is 5.10 Å². The summed E-state index contributed by atoms with van der Waals surface area (Å²) in [5, 5.41) is 6.90. The van der Waals surface area contributed by atoms with Crippen molar-refractivity contribution < 1.29 is 22.0 Å². The van der Waals surface area contributed by atoms with Crippen molar-refractivity contribution in [2.75, 3.05) is 16.3 Å². The number of carbonyl (C=O) groups excluding carboxylic acids is 1. The van der Waals surface area contributed by atoms with E-state index in [1.807, 2.05) is 0 Å². The third-order valence-electron chi connectivity index (χ3n) is 4.10. The summed E-state index contributed by atoms with van der Waals surface area (Å²) in [4.78, 5) is 12.7. The van der Waals surface area contributed by atoms with Gasteiger partial charge < -0.3 is 5.32 Å². The van der Waals surface area contributed by atoms with Gasteiger partial charge in [0, 0.05) is 17.4 Å². The van der Waals surface area contributed by atoms with Crippen LogP contribution in [0.5, 0.6) is 0 Å². The molecule has 1 heterocycles. The van der Waals surface area contributed by atoms with Crippen molar-refractivity contribution in [2.45, 2.75) is 13.8 Å². The van der Waals surface area contributed by atoms with Crippen LogP contribution in [0, 0.1) is 25.5 Å². The van der Waals surface area contributed by atoms with Crippen LogP contribution in [0.4, 0.5) is 20.2 Å². The first-order valence-electron chi connectivity index (χ1n) is 8.46. The van der Waals surface area contributed by atoms with Crippen molar-refractivity contribution in [1.82, 2.24) is 9.78 Å². The van der Waals surface area contributed by atoms with Crippen molar-refractivity contribution in [1.29, 1.82) is 0 Å². The third-order valence-corrected chi connectivity index (χ3v) is 4.71. The Hall–Kier alpha value is -3.27. The number of hydrogen-bond donors (Lipinski definition) is 2. The molecule has 29 heavy (non-hydrogen) atoms. The van der Waals surface area contributed by atoms with Crippen LogP contribution in [0.2, 0.25) is 0 Å². The number of rotatable bonds is 5. The lowest BCUT2D eigenvalue weighted by Gasteiger charge is -2.09. The van der Waals surface area contributed by atoms with Crippen LogP contribution < -0.4 is 10.0 Å². The first kappa shape index (κ1) is 20.5. The zero-order valence-corrected chi connectivity index (χ0v) is 16.6. The second kappa shape index (κ2) is 7.63. The van der Waals surface area contributed by atoms with Crippen LogP contribution in [0.15, 0.2) is 42.5 Å². The Labute approximate surface area is 166 Å². The van der Waals surface area contributed by atoms with Crippen molar-refractivity contribution >= 4 is 27.3 Å². The summed E-state index contributed by atoms with van der Waals surface area (Å²) in [7, 11) is -3.40. The molecule has 3 rings (SSSR count). The number of hydrogen-bond acceptors (Lipinski definition) is 4. The Kier molecular flexibility index (Phi) is 5.38. The van der Waals surface area contributed by atoms with Gasteiger partial charge in [-0.05, 0) is 50.2 Å². The molecule has 1 aromatic heterocycles. The summed E-state index contributed by atoms with van der Waals surface area (Å²) in [5.74, 6) is -1.96. The van der Waals surface area contributed by atoms with Crippen LogP contribution in [0.25, 0.3) is 5.69 Å². The van der Waals surface area contributed by atoms with Gasteiger partial charge in [0.15, 0.2) is 5.82 Å². The van der Waals surface area contributed by atoms with E-state index in [4.69, 9.17) is 0 Å². The Balaban J connectivity index is 1.86. The molecule has 0 radical (unpaired) electrons. The molecule has 2 aromatic carbocycles. The molecule has 0 saturated heterocycles. The average molecular weight is 420 g/mol. The molecule has 0 unspecified atom stereocenters. The first-order chi connectivity index (χ1) is 13.5. The van der Waals surface area contributed by atoms with Gasteiger partial charge in [-0.3, -0.25) is 9.52 Å². The van der Waals surface area contributed by atoms with E-state index in [1.165, 1.54) is 22.9 Å². The number of nitrogens with zero attached hydrogens (tertiary/aromatic N) is 2. The average Bonchev–Trinajstić information content (AvgIpc) is 2.90. The molecule has 0 saturated carbocycles. The molecular formula is C19H18F2N4O3S. The molecule has 0 spiro atoms. The van der Waals surface area contributed by atoms with E-state index >= 15 is 0 Å². The van der Waals surface area contributed by atoms with Crippen molar-refractivity contribution in [3.8, 4) is 5.69 Å². The molecule has 3 aromatic rings. The third kappa shape index (κ3) is 4.60. The fourth-order valence-electron chi connectivity index (χ4n) is 2.89. The van der Waals surface area contributed by atoms with Crippen molar-refractivity contribution in [3.63, 3.8) is 0 Å². The largest absolute Gasteiger partial charge is 0.322 e. The van der Waals surface area contributed by atoms with E-state index in [0.717, 1.165) is 18.4 Å². The molecule has 7 nitrogen and oxygen atoms in total. The molecular weight excluding hydrogens is 402 g/mol. The normalized spacial score (nSPS) is 11.3. The van der Waals surface area contributed by atoms with Gasteiger partial charge in [0.25, 0.3) is 5.91 Å². The van der Waals surface area contributed by atoms with Crippen LogP contribution in [0.3, 0.4) is 0 Å².